The summed E-state index contributed by atoms with van der Waals surface area (Å²) in [5.41, 5.74) is 0.568. The molecule has 0 aliphatic carbocycles. The van der Waals surface area contributed by atoms with E-state index < -0.39 is 33.1 Å². The van der Waals surface area contributed by atoms with Gasteiger partial charge in [0.15, 0.2) is 0 Å². The maximum atomic E-state index is 13.4. The van der Waals surface area contributed by atoms with Crippen molar-refractivity contribution in [3.05, 3.63) is 65.2 Å². The zero-order valence-electron chi connectivity index (χ0n) is 10.9. The number of halogens is 2. The Labute approximate surface area is 121 Å². The van der Waals surface area contributed by atoms with Crippen LogP contribution in [0.1, 0.15) is 11.1 Å². The lowest BCUT2D eigenvalue weighted by molar-refractivity contribution is 0.282. The molecule has 2 aromatic carbocycles. The number of aliphatic hydroxyl groups is 1. The van der Waals surface area contributed by atoms with E-state index in [0.29, 0.717) is 11.1 Å². The maximum absolute atomic E-state index is 13.4. The van der Waals surface area contributed by atoms with Gasteiger partial charge in [-0.3, -0.25) is 4.72 Å². The third-order valence-electron chi connectivity index (χ3n) is 2.72. The summed E-state index contributed by atoms with van der Waals surface area (Å²) in [4.78, 5) is 0. The highest BCUT2D eigenvalue weighted by molar-refractivity contribution is 7.91. The van der Waals surface area contributed by atoms with Crippen molar-refractivity contribution in [1.29, 1.82) is 0 Å². The molecule has 0 bridgehead atoms. The van der Waals surface area contributed by atoms with Gasteiger partial charge in [0.1, 0.15) is 11.6 Å². The van der Waals surface area contributed by atoms with E-state index in [1.807, 2.05) is 4.72 Å². The molecule has 7 heteroatoms. The van der Waals surface area contributed by atoms with E-state index in [-0.39, 0.29) is 6.61 Å². The molecule has 0 spiro atoms. The van der Waals surface area contributed by atoms with Crippen molar-refractivity contribution < 1.29 is 22.3 Å². The SMILES string of the molecule is O=S(=O)(Cc1cccc(CO)c1)Nc1cc(F)ccc1F. The summed E-state index contributed by atoms with van der Waals surface area (Å²) in [6.07, 6.45) is 0. The monoisotopic (exact) mass is 313 g/mol. The van der Waals surface area contributed by atoms with E-state index in [9.17, 15) is 17.2 Å². The summed E-state index contributed by atoms with van der Waals surface area (Å²) in [7, 11) is -3.89. The van der Waals surface area contributed by atoms with Gasteiger partial charge in [-0.05, 0) is 23.3 Å². The van der Waals surface area contributed by atoms with E-state index in [2.05, 4.69) is 0 Å². The fourth-order valence-corrected chi connectivity index (χ4v) is 3.00. The summed E-state index contributed by atoms with van der Waals surface area (Å²) in [5.74, 6) is -2.00. The molecule has 0 amide bonds. The molecule has 0 radical (unpaired) electrons. The Hall–Kier alpha value is -1.99. The highest BCUT2D eigenvalue weighted by Gasteiger charge is 2.15. The van der Waals surface area contributed by atoms with Gasteiger partial charge in [-0.1, -0.05) is 24.3 Å². The van der Waals surface area contributed by atoms with Crippen molar-refractivity contribution in [2.24, 2.45) is 0 Å². The van der Waals surface area contributed by atoms with Gasteiger partial charge in [0.25, 0.3) is 0 Å². The second-order valence-corrected chi connectivity index (χ2v) is 6.19. The summed E-state index contributed by atoms with van der Waals surface area (Å²) >= 11 is 0. The Balaban J connectivity index is 2.20. The van der Waals surface area contributed by atoms with Crippen LogP contribution in [0, 0.1) is 11.6 Å². The third-order valence-corrected chi connectivity index (χ3v) is 3.97. The molecule has 0 saturated carbocycles. The lowest BCUT2D eigenvalue weighted by atomic mass is 10.1. The van der Waals surface area contributed by atoms with E-state index >= 15 is 0 Å². The van der Waals surface area contributed by atoms with Crippen LogP contribution in [0.2, 0.25) is 0 Å². The molecule has 0 unspecified atom stereocenters. The van der Waals surface area contributed by atoms with Crippen molar-refractivity contribution in [3.8, 4) is 0 Å². The van der Waals surface area contributed by atoms with Crippen LogP contribution in [0.4, 0.5) is 14.5 Å². The molecule has 0 heterocycles. The first-order valence-corrected chi connectivity index (χ1v) is 7.69. The molecule has 4 nitrogen and oxygen atoms in total. The normalized spacial score (nSPS) is 11.4. The van der Waals surface area contributed by atoms with Gasteiger partial charge in [-0.25, -0.2) is 17.2 Å². The van der Waals surface area contributed by atoms with Crippen LogP contribution in [0.25, 0.3) is 0 Å². The number of hydrogen-bond donors (Lipinski definition) is 2. The Morgan fingerprint density at radius 2 is 1.76 bits per heavy atom. The van der Waals surface area contributed by atoms with Crippen molar-refractivity contribution in [3.63, 3.8) is 0 Å². The molecule has 0 fully saturated rings. The number of nitrogens with one attached hydrogen (secondary N) is 1. The van der Waals surface area contributed by atoms with Crippen LogP contribution in [0.5, 0.6) is 0 Å². The summed E-state index contributed by atoms with van der Waals surface area (Å²) in [6.45, 7) is -0.208. The fraction of sp³-hybridized carbons (Fsp3) is 0.143. The fourth-order valence-electron chi connectivity index (χ4n) is 1.82. The van der Waals surface area contributed by atoms with Gasteiger partial charge in [-0.15, -0.1) is 0 Å². The average molecular weight is 313 g/mol. The van der Waals surface area contributed by atoms with Crippen molar-refractivity contribution in [2.75, 3.05) is 4.72 Å². The highest BCUT2D eigenvalue weighted by atomic mass is 32.2. The summed E-state index contributed by atoms with van der Waals surface area (Å²) in [6, 6.07) is 8.88. The van der Waals surface area contributed by atoms with Crippen molar-refractivity contribution in [2.45, 2.75) is 12.4 Å². The zero-order chi connectivity index (χ0) is 15.5. The zero-order valence-corrected chi connectivity index (χ0v) is 11.7. The minimum absolute atomic E-state index is 0.208. The quantitative estimate of drug-likeness (QED) is 0.891. The summed E-state index contributed by atoms with van der Waals surface area (Å²) in [5, 5.41) is 9.01. The highest BCUT2D eigenvalue weighted by Crippen LogP contribution is 2.18. The minimum Gasteiger partial charge on any atom is -0.392 e. The van der Waals surface area contributed by atoms with Crippen LogP contribution in [-0.2, 0) is 22.4 Å². The molecule has 2 rings (SSSR count). The maximum Gasteiger partial charge on any atom is 0.237 e. The van der Waals surface area contributed by atoms with Gasteiger partial charge in [0, 0.05) is 6.07 Å². The molecular weight excluding hydrogens is 300 g/mol. The Morgan fingerprint density at radius 1 is 1.05 bits per heavy atom. The van der Waals surface area contributed by atoms with Crippen LogP contribution in [-0.4, -0.2) is 13.5 Å². The molecule has 0 atom stereocenters. The lowest BCUT2D eigenvalue weighted by Crippen LogP contribution is -2.16. The van der Waals surface area contributed by atoms with Gasteiger partial charge >= 0.3 is 0 Å². The van der Waals surface area contributed by atoms with Crippen LogP contribution in [0.15, 0.2) is 42.5 Å². The number of benzene rings is 2. The standard InChI is InChI=1S/C14H13F2NO3S/c15-12-4-5-13(16)14(7-12)17-21(19,20)9-11-3-1-2-10(6-11)8-18/h1-7,17-18H,8-9H2. The Morgan fingerprint density at radius 3 is 2.48 bits per heavy atom. The largest absolute Gasteiger partial charge is 0.392 e. The van der Waals surface area contributed by atoms with E-state index in [0.717, 1.165) is 18.2 Å². The smallest absolute Gasteiger partial charge is 0.237 e. The van der Waals surface area contributed by atoms with Crippen LogP contribution >= 0.6 is 0 Å². The topological polar surface area (TPSA) is 66.4 Å². The van der Waals surface area contributed by atoms with Gasteiger partial charge in [-0.2, -0.15) is 0 Å². The Bertz CT molecular complexity index is 748. The number of rotatable bonds is 5. The number of hydrogen-bond acceptors (Lipinski definition) is 3. The number of anilines is 1. The first-order chi connectivity index (χ1) is 9.89. The van der Waals surface area contributed by atoms with Crippen molar-refractivity contribution in [1.82, 2.24) is 0 Å². The predicted octanol–water partition coefficient (Wildman–Crippen LogP) is 2.40. The summed E-state index contributed by atoms with van der Waals surface area (Å²) < 4.78 is 52.4. The van der Waals surface area contributed by atoms with E-state index in [1.54, 1.807) is 18.2 Å². The van der Waals surface area contributed by atoms with Gasteiger partial charge in [0.2, 0.25) is 10.0 Å². The minimum atomic E-state index is -3.89. The van der Waals surface area contributed by atoms with Crippen LogP contribution < -0.4 is 4.72 Å². The van der Waals surface area contributed by atoms with E-state index in [4.69, 9.17) is 5.11 Å². The molecule has 21 heavy (non-hydrogen) atoms. The third kappa shape index (κ3) is 4.24. The van der Waals surface area contributed by atoms with Crippen LogP contribution in [0.3, 0.4) is 0 Å². The van der Waals surface area contributed by atoms with Crippen molar-refractivity contribution >= 4 is 15.7 Å². The second-order valence-electron chi connectivity index (χ2n) is 4.46. The Kier molecular flexibility index (Phi) is 4.54. The van der Waals surface area contributed by atoms with Gasteiger partial charge < -0.3 is 5.11 Å². The average Bonchev–Trinajstić information content (AvgIpc) is 2.42. The molecule has 0 aromatic heterocycles. The first kappa shape index (κ1) is 15.4. The molecule has 2 N–H and O–H groups in total. The molecule has 0 aliphatic rings. The first-order valence-electron chi connectivity index (χ1n) is 6.04. The number of sulfonamides is 1. The predicted molar refractivity (Wildman–Crippen MR) is 75.0 cm³/mol. The molecule has 2 aromatic rings. The second kappa shape index (κ2) is 6.19. The molecule has 0 aliphatic heterocycles. The molecular formula is C14H13F2NO3S. The lowest BCUT2D eigenvalue weighted by Gasteiger charge is -2.09. The van der Waals surface area contributed by atoms with Gasteiger partial charge in [0.05, 0.1) is 18.0 Å². The molecule has 112 valence electrons. The molecule has 0 saturated heterocycles. The van der Waals surface area contributed by atoms with E-state index in [1.165, 1.54) is 6.07 Å². The number of aliphatic hydroxyl groups excluding tert-OH is 1.